The second-order valence-electron chi connectivity index (χ2n) is 4.14. The SMILES string of the molecule is C=C(CNCC)CN1CCN(CC)C(=O)C1=O. The van der Waals surface area contributed by atoms with Crippen LogP contribution in [0.2, 0.25) is 0 Å². The van der Waals surface area contributed by atoms with Crippen LogP contribution in [0, 0.1) is 0 Å². The highest BCUT2D eigenvalue weighted by molar-refractivity contribution is 6.35. The predicted molar refractivity (Wildman–Crippen MR) is 66.5 cm³/mol. The number of rotatable bonds is 6. The molecule has 0 aliphatic carbocycles. The van der Waals surface area contributed by atoms with Crippen LogP contribution >= 0.6 is 0 Å². The topological polar surface area (TPSA) is 52.6 Å². The summed E-state index contributed by atoms with van der Waals surface area (Å²) in [7, 11) is 0. The molecule has 1 saturated heterocycles. The fraction of sp³-hybridized carbons (Fsp3) is 0.667. The highest BCUT2D eigenvalue weighted by Gasteiger charge is 2.31. The average molecular weight is 239 g/mol. The van der Waals surface area contributed by atoms with Crippen molar-refractivity contribution in [3.63, 3.8) is 0 Å². The molecule has 0 spiro atoms. The van der Waals surface area contributed by atoms with Crippen LogP contribution in [-0.2, 0) is 9.59 Å². The first kappa shape index (κ1) is 13.7. The Balaban J connectivity index is 2.48. The molecule has 1 aliphatic heterocycles. The van der Waals surface area contributed by atoms with Gasteiger partial charge in [0.05, 0.1) is 0 Å². The molecule has 0 bridgehead atoms. The smallest absolute Gasteiger partial charge is 0.312 e. The summed E-state index contributed by atoms with van der Waals surface area (Å²) in [5.74, 6) is -0.800. The minimum absolute atomic E-state index is 0.394. The molecular weight excluding hydrogens is 218 g/mol. The highest BCUT2D eigenvalue weighted by Crippen LogP contribution is 2.06. The van der Waals surface area contributed by atoms with Gasteiger partial charge in [-0.25, -0.2) is 0 Å². The summed E-state index contributed by atoms with van der Waals surface area (Å²) < 4.78 is 0. The first-order chi connectivity index (χ1) is 8.10. The summed E-state index contributed by atoms with van der Waals surface area (Å²) in [4.78, 5) is 26.6. The number of hydrogen-bond donors (Lipinski definition) is 1. The normalized spacial score (nSPS) is 16.6. The van der Waals surface area contributed by atoms with E-state index in [1.54, 1.807) is 9.80 Å². The van der Waals surface area contributed by atoms with Crippen LogP contribution in [-0.4, -0.2) is 60.9 Å². The molecule has 0 saturated carbocycles. The van der Waals surface area contributed by atoms with Crippen LogP contribution in [0.1, 0.15) is 13.8 Å². The Morgan fingerprint density at radius 2 is 1.82 bits per heavy atom. The summed E-state index contributed by atoms with van der Waals surface area (Å²) in [6.45, 7) is 11.6. The van der Waals surface area contributed by atoms with Crippen molar-refractivity contribution < 1.29 is 9.59 Å². The second-order valence-corrected chi connectivity index (χ2v) is 4.14. The molecule has 0 aromatic heterocycles. The van der Waals surface area contributed by atoms with Crippen LogP contribution in [0.15, 0.2) is 12.2 Å². The Hall–Kier alpha value is -1.36. The van der Waals surface area contributed by atoms with E-state index < -0.39 is 11.8 Å². The van der Waals surface area contributed by atoms with E-state index in [0.717, 1.165) is 12.1 Å². The molecular formula is C12H21N3O2. The van der Waals surface area contributed by atoms with Gasteiger partial charge >= 0.3 is 11.8 Å². The molecule has 1 rings (SSSR count). The second kappa shape index (κ2) is 6.39. The largest absolute Gasteiger partial charge is 0.333 e. The Morgan fingerprint density at radius 3 is 2.41 bits per heavy atom. The zero-order valence-corrected chi connectivity index (χ0v) is 10.7. The molecule has 17 heavy (non-hydrogen) atoms. The van der Waals surface area contributed by atoms with Crippen LogP contribution in [0.25, 0.3) is 0 Å². The average Bonchev–Trinajstić information content (AvgIpc) is 2.33. The van der Waals surface area contributed by atoms with Crippen molar-refractivity contribution in [2.45, 2.75) is 13.8 Å². The minimum Gasteiger partial charge on any atom is -0.333 e. The lowest BCUT2D eigenvalue weighted by Gasteiger charge is -2.33. The minimum atomic E-state index is -0.407. The molecule has 0 atom stereocenters. The van der Waals surface area contributed by atoms with Gasteiger partial charge in [-0.05, 0) is 19.0 Å². The molecule has 0 radical (unpaired) electrons. The van der Waals surface area contributed by atoms with Crippen molar-refractivity contribution in [1.29, 1.82) is 0 Å². The summed E-state index contributed by atoms with van der Waals surface area (Å²) in [6.07, 6.45) is 0. The Morgan fingerprint density at radius 1 is 1.24 bits per heavy atom. The summed E-state index contributed by atoms with van der Waals surface area (Å²) in [5, 5.41) is 3.15. The molecule has 1 aliphatic rings. The van der Waals surface area contributed by atoms with E-state index in [9.17, 15) is 9.59 Å². The number of nitrogens with zero attached hydrogens (tertiary/aromatic N) is 2. The van der Waals surface area contributed by atoms with E-state index in [0.29, 0.717) is 32.7 Å². The number of likely N-dealkylation sites (N-methyl/N-ethyl adjacent to an activating group) is 2. The van der Waals surface area contributed by atoms with Gasteiger partial charge in [0, 0.05) is 32.7 Å². The highest BCUT2D eigenvalue weighted by atomic mass is 16.2. The van der Waals surface area contributed by atoms with E-state index in [1.165, 1.54) is 0 Å². The third-order valence-corrected chi connectivity index (χ3v) is 2.82. The quantitative estimate of drug-likeness (QED) is 0.518. The number of nitrogens with one attached hydrogen (secondary N) is 1. The summed E-state index contributed by atoms with van der Waals surface area (Å²) >= 11 is 0. The third kappa shape index (κ3) is 3.56. The van der Waals surface area contributed by atoms with Gasteiger partial charge in [-0.1, -0.05) is 13.5 Å². The lowest BCUT2D eigenvalue weighted by Crippen LogP contribution is -2.54. The van der Waals surface area contributed by atoms with Crippen molar-refractivity contribution >= 4 is 11.8 Å². The first-order valence-corrected chi connectivity index (χ1v) is 6.05. The van der Waals surface area contributed by atoms with Crippen LogP contribution in [0.5, 0.6) is 0 Å². The molecule has 0 unspecified atom stereocenters. The van der Waals surface area contributed by atoms with Crippen molar-refractivity contribution in [2.24, 2.45) is 0 Å². The van der Waals surface area contributed by atoms with Crippen LogP contribution in [0.3, 0.4) is 0 Å². The summed E-state index contributed by atoms with van der Waals surface area (Å²) in [5.41, 5.74) is 0.929. The molecule has 0 aromatic rings. The number of carbonyl (C=O) groups excluding carboxylic acids is 2. The maximum Gasteiger partial charge on any atom is 0.312 e. The van der Waals surface area contributed by atoms with Crippen molar-refractivity contribution in [1.82, 2.24) is 15.1 Å². The lowest BCUT2D eigenvalue weighted by atomic mass is 10.2. The molecule has 96 valence electrons. The van der Waals surface area contributed by atoms with Gasteiger partial charge in [0.25, 0.3) is 0 Å². The Kier molecular flexibility index (Phi) is 5.15. The van der Waals surface area contributed by atoms with Gasteiger partial charge in [0.1, 0.15) is 0 Å². The van der Waals surface area contributed by atoms with Crippen LogP contribution < -0.4 is 5.32 Å². The van der Waals surface area contributed by atoms with Gasteiger partial charge in [-0.3, -0.25) is 9.59 Å². The van der Waals surface area contributed by atoms with Crippen molar-refractivity contribution in [3.8, 4) is 0 Å². The predicted octanol–water partition coefficient (Wildman–Crippen LogP) is -0.157. The Labute approximate surface area is 102 Å². The van der Waals surface area contributed by atoms with E-state index >= 15 is 0 Å². The van der Waals surface area contributed by atoms with Gasteiger partial charge in [0.15, 0.2) is 0 Å². The number of carbonyl (C=O) groups is 2. The molecule has 1 heterocycles. The van der Waals surface area contributed by atoms with E-state index in [2.05, 4.69) is 11.9 Å². The van der Waals surface area contributed by atoms with Gasteiger partial charge < -0.3 is 15.1 Å². The van der Waals surface area contributed by atoms with Gasteiger partial charge in [-0.2, -0.15) is 0 Å². The standard InChI is InChI=1S/C12H21N3O2/c1-4-13-8-10(3)9-15-7-6-14(5-2)11(16)12(15)17/h13H,3-9H2,1-2H3. The molecule has 2 amide bonds. The summed E-state index contributed by atoms with van der Waals surface area (Å²) in [6, 6.07) is 0. The zero-order chi connectivity index (χ0) is 12.8. The van der Waals surface area contributed by atoms with Gasteiger partial charge in [0.2, 0.25) is 0 Å². The fourth-order valence-corrected chi connectivity index (χ4v) is 1.80. The fourth-order valence-electron chi connectivity index (χ4n) is 1.80. The number of piperazine rings is 1. The number of hydrogen-bond acceptors (Lipinski definition) is 3. The Bertz CT molecular complexity index is 315. The molecule has 0 aromatic carbocycles. The first-order valence-electron chi connectivity index (χ1n) is 6.05. The maximum absolute atomic E-state index is 11.8. The van der Waals surface area contributed by atoms with E-state index in [4.69, 9.17) is 0 Å². The van der Waals surface area contributed by atoms with Crippen molar-refractivity contribution in [2.75, 3.05) is 39.3 Å². The molecule has 1 N–H and O–H groups in total. The van der Waals surface area contributed by atoms with Gasteiger partial charge in [-0.15, -0.1) is 0 Å². The lowest BCUT2D eigenvalue weighted by molar-refractivity contribution is -0.155. The van der Waals surface area contributed by atoms with Crippen LogP contribution in [0.4, 0.5) is 0 Å². The monoisotopic (exact) mass is 239 g/mol. The zero-order valence-electron chi connectivity index (χ0n) is 10.7. The number of amides is 2. The third-order valence-electron chi connectivity index (χ3n) is 2.82. The maximum atomic E-state index is 11.8. The molecule has 5 heteroatoms. The van der Waals surface area contributed by atoms with E-state index in [1.807, 2.05) is 13.8 Å². The molecule has 5 nitrogen and oxygen atoms in total. The van der Waals surface area contributed by atoms with E-state index in [-0.39, 0.29) is 0 Å². The molecule has 1 fully saturated rings. The van der Waals surface area contributed by atoms with Crippen molar-refractivity contribution in [3.05, 3.63) is 12.2 Å².